The highest BCUT2D eigenvalue weighted by atomic mass is 16.6. The Morgan fingerprint density at radius 2 is 1.85 bits per heavy atom. The Morgan fingerprint density at radius 3 is 2.56 bits per heavy atom. The lowest BCUT2D eigenvalue weighted by atomic mass is 9.96. The third-order valence-corrected chi connectivity index (χ3v) is 5.87. The Morgan fingerprint density at radius 1 is 1.09 bits per heavy atom. The van der Waals surface area contributed by atoms with Crippen LogP contribution in [-0.4, -0.2) is 47.0 Å². The normalized spacial score (nSPS) is 18.7. The molecule has 0 bridgehead atoms. The van der Waals surface area contributed by atoms with Crippen LogP contribution in [0.15, 0.2) is 72.6 Å². The highest BCUT2D eigenvalue weighted by Crippen LogP contribution is 2.41. The molecular weight excluding hydrogens is 436 g/mol. The number of methoxy groups -OCH3 is 1. The second-order valence-electron chi connectivity index (χ2n) is 7.92. The average Bonchev–Trinajstić information content (AvgIpc) is 3.14. The number of benzene rings is 2. The fourth-order valence-corrected chi connectivity index (χ4v) is 4.20. The summed E-state index contributed by atoms with van der Waals surface area (Å²) in [5.74, 6) is 0.000373. The van der Waals surface area contributed by atoms with Gasteiger partial charge in [0.2, 0.25) is 0 Å². The van der Waals surface area contributed by atoms with Crippen molar-refractivity contribution in [2.24, 2.45) is 0 Å². The van der Waals surface area contributed by atoms with Crippen molar-refractivity contribution in [1.29, 1.82) is 0 Å². The Bertz CT molecular complexity index is 1270. The molecule has 2 aliphatic heterocycles. The number of likely N-dealkylation sites (tertiary alicyclic amines) is 1. The van der Waals surface area contributed by atoms with Crippen LogP contribution in [0.4, 0.5) is 0 Å². The van der Waals surface area contributed by atoms with E-state index in [1.54, 1.807) is 62.0 Å². The number of ether oxygens (including phenoxy) is 3. The Kier molecular flexibility index (Phi) is 5.63. The van der Waals surface area contributed by atoms with Crippen molar-refractivity contribution >= 4 is 17.4 Å². The van der Waals surface area contributed by atoms with Gasteiger partial charge in [0.25, 0.3) is 11.7 Å². The first kappa shape index (κ1) is 21.5. The maximum Gasteiger partial charge on any atom is 0.295 e. The van der Waals surface area contributed by atoms with E-state index in [0.717, 1.165) is 5.56 Å². The van der Waals surface area contributed by atoms with Crippen LogP contribution in [-0.2, 0) is 16.1 Å². The predicted octanol–water partition coefficient (Wildman–Crippen LogP) is 3.48. The van der Waals surface area contributed by atoms with Crippen LogP contribution in [0.2, 0.25) is 0 Å². The van der Waals surface area contributed by atoms with Crippen LogP contribution in [0.5, 0.6) is 17.2 Å². The molecule has 8 nitrogen and oxygen atoms in total. The van der Waals surface area contributed by atoms with E-state index < -0.39 is 17.7 Å². The minimum atomic E-state index is -0.802. The molecule has 8 heteroatoms. The molecule has 1 unspecified atom stereocenters. The molecule has 1 atom stereocenters. The summed E-state index contributed by atoms with van der Waals surface area (Å²) in [5.41, 5.74) is 1.80. The number of ketones is 1. The van der Waals surface area contributed by atoms with E-state index >= 15 is 0 Å². The number of fused-ring (bicyclic) bond motifs is 1. The van der Waals surface area contributed by atoms with Crippen molar-refractivity contribution in [3.05, 3.63) is 89.3 Å². The zero-order valence-electron chi connectivity index (χ0n) is 18.4. The first-order chi connectivity index (χ1) is 16.6. The van der Waals surface area contributed by atoms with Gasteiger partial charge in [-0.15, -0.1) is 0 Å². The van der Waals surface area contributed by atoms with Gasteiger partial charge in [0.05, 0.1) is 18.7 Å². The molecule has 5 rings (SSSR count). The molecule has 1 fully saturated rings. The zero-order chi connectivity index (χ0) is 23.7. The number of amides is 1. The van der Waals surface area contributed by atoms with E-state index in [1.165, 1.54) is 4.90 Å². The summed E-state index contributed by atoms with van der Waals surface area (Å²) in [5, 5.41) is 11.2. The largest absolute Gasteiger partial charge is 0.507 e. The van der Waals surface area contributed by atoms with Gasteiger partial charge in [0.15, 0.2) is 11.5 Å². The van der Waals surface area contributed by atoms with Crippen molar-refractivity contribution in [2.45, 2.75) is 12.6 Å². The highest BCUT2D eigenvalue weighted by molar-refractivity contribution is 6.46. The van der Waals surface area contributed by atoms with Crippen LogP contribution in [0.3, 0.4) is 0 Å². The van der Waals surface area contributed by atoms with Gasteiger partial charge in [0.1, 0.15) is 24.7 Å². The summed E-state index contributed by atoms with van der Waals surface area (Å²) < 4.78 is 16.4. The fourth-order valence-electron chi connectivity index (χ4n) is 4.20. The number of nitrogens with zero attached hydrogens (tertiary/aromatic N) is 2. The number of rotatable bonds is 5. The van der Waals surface area contributed by atoms with Gasteiger partial charge in [-0.25, -0.2) is 0 Å². The number of hydrogen-bond acceptors (Lipinski definition) is 7. The van der Waals surface area contributed by atoms with Crippen LogP contribution >= 0.6 is 0 Å². The Balaban J connectivity index is 1.59. The molecule has 172 valence electrons. The summed E-state index contributed by atoms with van der Waals surface area (Å²) in [6.07, 6.45) is 3.20. The van der Waals surface area contributed by atoms with E-state index in [1.807, 2.05) is 12.1 Å². The van der Waals surface area contributed by atoms with Crippen LogP contribution < -0.4 is 14.2 Å². The molecule has 1 aromatic heterocycles. The van der Waals surface area contributed by atoms with Crippen LogP contribution in [0, 0.1) is 0 Å². The van der Waals surface area contributed by atoms with E-state index in [2.05, 4.69) is 4.98 Å². The maximum absolute atomic E-state index is 13.2. The molecule has 34 heavy (non-hydrogen) atoms. The number of aliphatic hydroxyl groups excluding tert-OH is 1. The standard InChI is InChI=1S/C26H22N2O6/c1-32-19-7-4-16(5-8-19)15-28-23(18-3-2-10-27-14-18)22(25(30)26(28)31)24(29)17-6-9-20-21(13-17)34-12-11-33-20/h2-10,13-14,23,29H,11-12,15H2,1H3/b24-22-. The van der Waals surface area contributed by atoms with Crippen molar-refractivity contribution in [3.8, 4) is 17.2 Å². The monoisotopic (exact) mass is 458 g/mol. The summed E-state index contributed by atoms with van der Waals surface area (Å²) in [4.78, 5) is 31.9. The lowest BCUT2D eigenvalue weighted by Crippen LogP contribution is -2.29. The number of carbonyl (C=O) groups is 2. The first-order valence-corrected chi connectivity index (χ1v) is 10.8. The van der Waals surface area contributed by atoms with E-state index in [0.29, 0.717) is 41.6 Å². The SMILES string of the molecule is COc1ccc(CN2C(=O)C(=O)/C(=C(\O)c3ccc4c(c3)OCCO4)C2c2cccnc2)cc1. The van der Waals surface area contributed by atoms with Gasteiger partial charge < -0.3 is 24.2 Å². The third kappa shape index (κ3) is 3.83. The van der Waals surface area contributed by atoms with Gasteiger partial charge in [0, 0.05) is 24.5 Å². The highest BCUT2D eigenvalue weighted by Gasteiger charge is 2.46. The summed E-state index contributed by atoms with van der Waals surface area (Å²) in [6.45, 7) is 1.00. The van der Waals surface area contributed by atoms with Gasteiger partial charge >= 0.3 is 0 Å². The van der Waals surface area contributed by atoms with Crippen molar-refractivity contribution in [2.75, 3.05) is 20.3 Å². The Labute approximate surface area is 196 Å². The summed E-state index contributed by atoms with van der Waals surface area (Å²) >= 11 is 0. The fraction of sp³-hybridized carbons (Fsp3) is 0.192. The van der Waals surface area contributed by atoms with Crippen molar-refractivity contribution in [3.63, 3.8) is 0 Å². The molecule has 0 radical (unpaired) electrons. The molecule has 2 aliphatic rings. The molecule has 0 aliphatic carbocycles. The van der Waals surface area contributed by atoms with Crippen LogP contribution in [0.25, 0.3) is 5.76 Å². The van der Waals surface area contributed by atoms with Gasteiger partial charge in [-0.1, -0.05) is 18.2 Å². The first-order valence-electron chi connectivity index (χ1n) is 10.8. The van der Waals surface area contributed by atoms with Crippen molar-refractivity contribution < 1.29 is 28.9 Å². The topological polar surface area (TPSA) is 98.2 Å². The molecule has 1 saturated heterocycles. The number of carbonyl (C=O) groups excluding carboxylic acids is 2. The number of hydrogen-bond donors (Lipinski definition) is 1. The van der Waals surface area contributed by atoms with Gasteiger partial charge in [-0.05, 0) is 47.5 Å². The number of aromatic nitrogens is 1. The molecule has 0 saturated carbocycles. The number of Topliss-reactive ketones (excluding diaryl/α,β-unsaturated/α-hetero) is 1. The molecular formula is C26H22N2O6. The molecule has 1 amide bonds. The second kappa shape index (κ2) is 8.90. The minimum Gasteiger partial charge on any atom is -0.507 e. The van der Waals surface area contributed by atoms with Gasteiger partial charge in [-0.2, -0.15) is 0 Å². The molecule has 3 heterocycles. The lowest BCUT2D eigenvalue weighted by molar-refractivity contribution is -0.140. The molecule has 3 aromatic rings. The summed E-state index contributed by atoms with van der Waals surface area (Å²) in [6, 6.07) is 14.9. The van der Waals surface area contributed by atoms with E-state index in [-0.39, 0.29) is 17.9 Å². The van der Waals surface area contributed by atoms with Crippen LogP contribution in [0.1, 0.15) is 22.7 Å². The third-order valence-electron chi connectivity index (χ3n) is 5.87. The smallest absolute Gasteiger partial charge is 0.295 e. The van der Waals surface area contributed by atoms with E-state index in [9.17, 15) is 14.7 Å². The molecule has 0 spiro atoms. The Hall–Kier alpha value is -4.33. The second-order valence-corrected chi connectivity index (χ2v) is 7.92. The maximum atomic E-state index is 13.2. The summed E-state index contributed by atoms with van der Waals surface area (Å²) in [7, 11) is 1.58. The number of pyridine rings is 1. The zero-order valence-corrected chi connectivity index (χ0v) is 18.4. The molecule has 1 N–H and O–H groups in total. The number of aliphatic hydroxyl groups is 1. The average molecular weight is 458 g/mol. The lowest BCUT2D eigenvalue weighted by Gasteiger charge is -2.25. The van der Waals surface area contributed by atoms with Gasteiger partial charge in [-0.3, -0.25) is 14.6 Å². The van der Waals surface area contributed by atoms with Crippen molar-refractivity contribution in [1.82, 2.24) is 9.88 Å². The predicted molar refractivity (Wildman–Crippen MR) is 123 cm³/mol. The minimum absolute atomic E-state index is 0.00295. The quantitative estimate of drug-likeness (QED) is 0.355. The van der Waals surface area contributed by atoms with E-state index in [4.69, 9.17) is 14.2 Å². The molecule has 2 aromatic carbocycles.